The van der Waals surface area contributed by atoms with Crippen LogP contribution >= 0.6 is 11.6 Å². The normalized spacial score (nSPS) is 10.3. The molecule has 18 heavy (non-hydrogen) atoms. The van der Waals surface area contributed by atoms with Gasteiger partial charge in [-0.15, -0.1) is 0 Å². The molecule has 5 nitrogen and oxygen atoms in total. The van der Waals surface area contributed by atoms with E-state index in [-0.39, 0.29) is 11.2 Å². The molecule has 0 radical (unpaired) electrons. The molecule has 0 fully saturated rings. The predicted octanol–water partition coefficient (Wildman–Crippen LogP) is 1.83. The summed E-state index contributed by atoms with van der Waals surface area (Å²) in [6.07, 6.45) is 0.381. The number of nitrogens with zero attached hydrogens (tertiary/aromatic N) is 2. The fourth-order valence-electron chi connectivity index (χ4n) is 1.60. The second kappa shape index (κ2) is 5.64. The number of anilines is 1. The molecule has 2 rings (SSSR count). The Labute approximate surface area is 110 Å². The number of halogens is 1. The SMILES string of the molecule is CNC(=O)CCNc1nc(Cl)nc2ccccc12. The first-order chi connectivity index (χ1) is 8.70. The largest absolute Gasteiger partial charge is 0.369 e. The first-order valence-electron chi connectivity index (χ1n) is 5.57. The first-order valence-corrected chi connectivity index (χ1v) is 5.95. The van der Waals surface area contributed by atoms with Crippen LogP contribution in [0.1, 0.15) is 6.42 Å². The highest BCUT2D eigenvalue weighted by Gasteiger charge is 2.06. The highest BCUT2D eigenvalue weighted by atomic mass is 35.5. The molecule has 0 aliphatic rings. The number of carbonyl (C=O) groups is 1. The maximum atomic E-state index is 11.1. The molecule has 0 atom stereocenters. The van der Waals surface area contributed by atoms with Crippen LogP contribution in [0.25, 0.3) is 10.9 Å². The molecule has 1 aromatic carbocycles. The van der Waals surface area contributed by atoms with Crippen molar-refractivity contribution in [1.82, 2.24) is 15.3 Å². The van der Waals surface area contributed by atoms with Gasteiger partial charge in [-0.1, -0.05) is 12.1 Å². The maximum absolute atomic E-state index is 11.1. The summed E-state index contributed by atoms with van der Waals surface area (Å²) in [7, 11) is 1.61. The monoisotopic (exact) mass is 264 g/mol. The maximum Gasteiger partial charge on any atom is 0.224 e. The molecule has 1 heterocycles. The summed E-state index contributed by atoms with van der Waals surface area (Å²) in [5, 5.41) is 6.74. The van der Waals surface area contributed by atoms with Crippen molar-refractivity contribution in [3.8, 4) is 0 Å². The minimum absolute atomic E-state index is 0.0213. The van der Waals surface area contributed by atoms with Crippen LogP contribution in [-0.4, -0.2) is 29.5 Å². The number of fused-ring (bicyclic) bond motifs is 1. The second-order valence-corrected chi connectivity index (χ2v) is 4.05. The van der Waals surface area contributed by atoms with E-state index in [2.05, 4.69) is 20.6 Å². The van der Waals surface area contributed by atoms with Crippen molar-refractivity contribution in [2.75, 3.05) is 18.9 Å². The molecule has 2 aromatic rings. The van der Waals surface area contributed by atoms with Crippen molar-refractivity contribution in [3.63, 3.8) is 0 Å². The molecular formula is C12H13ClN4O. The molecule has 2 N–H and O–H groups in total. The van der Waals surface area contributed by atoms with E-state index in [4.69, 9.17) is 11.6 Å². The first kappa shape index (κ1) is 12.6. The van der Waals surface area contributed by atoms with Crippen molar-refractivity contribution >= 4 is 34.2 Å². The number of benzene rings is 1. The minimum Gasteiger partial charge on any atom is -0.369 e. The third-order valence-electron chi connectivity index (χ3n) is 2.50. The van der Waals surface area contributed by atoms with Crippen molar-refractivity contribution in [3.05, 3.63) is 29.5 Å². The van der Waals surface area contributed by atoms with E-state index in [1.807, 2.05) is 24.3 Å². The Morgan fingerprint density at radius 3 is 2.89 bits per heavy atom. The van der Waals surface area contributed by atoms with E-state index in [1.54, 1.807) is 7.05 Å². The van der Waals surface area contributed by atoms with Gasteiger partial charge in [0.25, 0.3) is 0 Å². The van der Waals surface area contributed by atoms with Gasteiger partial charge in [-0.25, -0.2) is 9.97 Å². The van der Waals surface area contributed by atoms with Crippen LogP contribution in [0.4, 0.5) is 5.82 Å². The van der Waals surface area contributed by atoms with Gasteiger partial charge in [0, 0.05) is 25.4 Å². The van der Waals surface area contributed by atoms with Gasteiger partial charge in [0.05, 0.1) is 5.52 Å². The van der Waals surface area contributed by atoms with E-state index < -0.39 is 0 Å². The zero-order valence-corrected chi connectivity index (χ0v) is 10.7. The average molecular weight is 265 g/mol. The zero-order chi connectivity index (χ0) is 13.0. The number of aromatic nitrogens is 2. The highest BCUT2D eigenvalue weighted by molar-refractivity contribution is 6.28. The van der Waals surface area contributed by atoms with Crippen LogP contribution in [0.15, 0.2) is 24.3 Å². The van der Waals surface area contributed by atoms with Gasteiger partial charge >= 0.3 is 0 Å². The smallest absolute Gasteiger partial charge is 0.224 e. The molecule has 0 aliphatic carbocycles. The second-order valence-electron chi connectivity index (χ2n) is 3.71. The molecule has 0 spiro atoms. The van der Waals surface area contributed by atoms with Crippen LogP contribution in [0.5, 0.6) is 0 Å². The number of amides is 1. The van der Waals surface area contributed by atoms with E-state index in [9.17, 15) is 4.79 Å². The number of hydrogen-bond acceptors (Lipinski definition) is 4. The molecule has 94 valence electrons. The summed E-state index contributed by atoms with van der Waals surface area (Å²) >= 11 is 5.85. The topological polar surface area (TPSA) is 66.9 Å². The van der Waals surface area contributed by atoms with E-state index in [1.165, 1.54) is 0 Å². The Hall–Kier alpha value is -1.88. The molecule has 0 saturated carbocycles. The lowest BCUT2D eigenvalue weighted by Crippen LogP contribution is -2.21. The van der Waals surface area contributed by atoms with Crippen LogP contribution in [-0.2, 0) is 4.79 Å². The molecule has 0 bridgehead atoms. The summed E-state index contributed by atoms with van der Waals surface area (Å²) < 4.78 is 0. The van der Waals surface area contributed by atoms with Crippen LogP contribution in [0.2, 0.25) is 5.28 Å². The van der Waals surface area contributed by atoms with Crippen molar-refractivity contribution in [2.24, 2.45) is 0 Å². The Morgan fingerprint density at radius 2 is 2.11 bits per heavy atom. The van der Waals surface area contributed by atoms with E-state index in [0.717, 1.165) is 10.9 Å². The Balaban J connectivity index is 2.19. The fourth-order valence-corrected chi connectivity index (χ4v) is 1.78. The third-order valence-corrected chi connectivity index (χ3v) is 2.67. The third kappa shape index (κ3) is 2.87. The van der Waals surface area contributed by atoms with Crippen LogP contribution in [0, 0.1) is 0 Å². The zero-order valence-electron chi connectivity index (χ0n) is 9.90. The summed E-state index contributed by atoms with van der Waals surface area (Å²) in [6, 6.07) is 7.57. The van der Waals surface area contributed by atoms with E-state index >= 15 is 0 Å². The molecular weight excluding hydrogens is 252 g/mol. The number of hydrogen-bond donors (Lipinski definition) is 2. The van der Waals surface area contributed by atoms with Gasteiger partial charge < -0.3 is 10.6 Å². The summed E-state index contributed by atoms with van der Waals surface area (Å²) in [4.78, 5) is 19.4. The number of para-hydroxylation sites is 1. The standard InChI is InChI=1S/C12H13ClN4O/c1-14-10(18)6-7-15-11-8-4-2-3-5-9(8)16-12(13)17-11/h2-5H,6-7H2,1H3,(H,14,18)(H,15,16,17). The Morgan fingerprint density at radius 1 is 1.33 bits per heavy atom. The van der Waals surface area contributed by atoms with Gasteiger partial charge in [0.1, 0.15) is 5.82 Å². The van der Waals surface area contributed by atoms with Gasteiger partial charge in [-0.05, 0) is 23.7 Å². The highest BCUT2D eigenvalue weighted by Crippen LogP contribution is 2.21. The quantitative estimate of drug-likeness (QED) is 0.827. The van der Waals surface area contributed by atoms with Crippen molar-refractivity contribution < 1.29 is 4.79 Å². The molecule has 0 saturated heterocycles. The summed E-state index contributed by atoms with van der Waals surface area (Å²) in [6.45, 7) is 0.497. The van der Waals surface area contributed by atoms with Gasteiger partial charge in [0.15, 0.2) is 0 Å². The lowest BCUT2D eigenvalue weighted by molar-refractivity contribution is -0.120. The number of nitrogens with one attached hydrogen (secondary N) is 2. The van der Waals surface area contributed by atoms with Gasteiger partial charge in [-0.2, -0.15) is 0 Å². The van der Waals surface area contributed by atoms with Crippen molar-refractivity contribution in [2.45, 2.75) is 6.42 Å². The lowest BCUT2D eigenvalue weighted by atomic mass is 10.2. The predicted molar refractivity (Wildman–Crippen MR) is 71.7 cm³/mol. The number of rotatable bonds is 4. The van der Waals surface area contributed by atoms with Crippen LogP contribution in [0.3, 0.4) is 0 Å². The average Bonchev–Trinajstić information content (AvgIpc) is 2.38. The molecule has 0 unspecified atom stereocenters. The Kier molecular flexibility index (Phi) is 3.94. The molecule has 6 heteroatoms. The fraction of sp³-hybridized carbons (Fsp3) is 0.250. The van der Waals surface area contributed by atoms with Crippen LogP contribution < -0.4 is 10.6 Å². The molecule has 1 amide bonds. The molecule has 0 aliphatic heterocycles. The van der Waals surface area contributed by atoms with Gasteiger partial charge in [-0.3, -0.25) is 4.79 Å². The van der Waals surface area contributed by atoms with Gasteiger partial charge in [0.2, 0.25) is 11.2 Å². The summed E-state index contributed by atoms with van der Waals surface area (Å²) in [5.41, 5.74) is 0.778. The molecule has 1 aromatic heterocycles. The summed E-state index contributed by atoms with van der Waals surface area (Å²) in [5.74, 6) is 0.626. The van der Waals surface area contributed by atoms with Crippen molar-refractivity contribution in [1.29, 1.82) is 0 Å². The van der Waals surface area contributed by atoms with E-state index in [0.29, 0.717) is 18.8 Å². The Bertz CT molecular complexity index is 573. The number of carbonyl (C=O) groups excluding carboxylic acids is 1. The lowest BCUT2D eigenvalue weighted by Gasteiger charge is -2.08. The minimum atomic E-state index is -0.0213.